The predicted molar refractivity (Wildman–Crippen MR) is 211 cm³/mol. The lowest BCUT2D eigenvalue weighted by Crippen LogP contribution is -2.52. The maximum Gasteiger partial charge on any atom is 0.255 e. The maximum atomic E-state index is 13.3. The summed E-state index contributed by atoms with van der Waals surface area (Å²) in [6.07, 6.45) is 5.77. The Labute approximate surface area is 323 Å². The number of anilines is 1. The van der Waals surface area contributed by atoms with Crippen LogP contribution in [-0.4, -0.2) is 85.1 Å². The van der Waals surface area contributed by atoms with Gasteiger partial charge in [0.1, 0.15) is 23.3 Å². The van der Waals surface area contributed by atoms with Gasteiger partial charge in [0.05, 0.1) is 25.9 Å². The van der Waals surface area contributed by atoms with E-state index in [0.29, 0.717) is 42.6 Å². The van der Waals surface area contributed by atoms with Gasteiger partial charge in [0.15, 0.2) is 0 Å². The number of nitrogens with zero attached hydrogens (tertiary/aromatic N) is 3. The van der Waals surface area contributed by atoms with Crippen molar-refractivity contribution in [2.45, 2.75) is 69.4 Å². The number of hydrogen-bond donors (Lipinski definition) is 2. The fraction of sp³-hybridized carbons (Fsp3) is 0.400. The molecule has 55 heavy (non-hydrogen) atoms. The normalized spacial score (nSPS) is 21.3. The van der Waals surface area contributed by atoms with Gasteiger partial charge >= 0.3 is 0 Å². The van der Waals surface area contributed by atoms with Crippen LogP contribution in [0.2, 0.25) is 0 Å². The molecule has 10 heteroatoms. The average molecular weight is 743 g/mol. The fourth-order valence-electron chi connectivity index (χ4n) is 9.14. The number of imide groups is 1. The van der Waals surface area contributed by atoms with Crippen LogP contribution in [0.15, 0.2) is 84.9 Å². The van der Waals surface area contributed by atoms with Gasteiger partial charge in [0.25, 0.3) is 5.91 Å². The van der Waals surface area contributed by atoms with E-state index in [1.54, 1.807) is 12.0 Å². The number of rotatable bonds is 12. The lowest BCUT2D eigenvalue weighted by molar-refractivity contribution is -0.136. The van der Waals surface area contributed by atoms with Gasteiger partial charge in [-0.05, 0) is 110 Å². The third-order valence-electron chi connectivity index (χ3n) is 12.0. The first kappa shape index (κ1) is 36.6. The van der Waals surface area contributed by atoms with Crippen LogP contribution in [0.25, 0.3) is 0 Å². The molecular weight excluding hydrogens is 693 g/mol. The van der Waals surface area contributed by atoms with Gasteiger partial charge in [0.2, 0.25) is 11.8 Å². The van der Waals surface area contributed by atoms with Crippen LogP contribution in [0.5, 0.6) is 17.2 Å². The highest BCUT2D eigenvalue weighted by atomic mass is 16.5. The Kier molecular flexibility index (Phi) is 10.8. The molecule has 2 N–H and O–H groups in total. The van der Waals surface area contributed by atoms with Crippen LogP contribution in [0, 0.1) is 0 Å². The van der Waals surface area contributed by atoms with E-state index in [2.05, 4.69) is 75.8 Å². The molecule has 10 nitrogen and oxygen atoms in total. The smallest absolute Gasteiger partial charge is 0.255 e. The molecule has 3 atom stereocenters. The molecule has 3 amide bonds. The molecule has 0 radical (unpaired) electrons. The van der Waals surface area contributed by atoms with E-state index in [0.717, 1.165) is 81.8 Å². The second-order valence-corrected chi connectivity index (χ2v) is 15.3. The number of aryl methyl sites for hydroxylation is 1. The molecule has 2 saturated heterocycles. The van der Waals surface area contributed by atoms with Gasteiger partial charge in [-0.25, -0.2) is 0 Å². The van der Waals surface area contributed by atoms with Crippen LogP contribution in [0.3, 0.4) is 0 Å². The van der Waals surface area contributed by atoms with E-state index >= 15 is 0 Å². The first-order valence-electron chi connectivity index (χ1n) is 19.8. The molecule has 286 valence electrons. The largest absolute Gasteiger partial charge is 0.508 e. The molecule has 3 aliphatic heterocycles. The zero-order chi connectivity index (χ0) is 37.9. The Morgan fingerprint density at radius 2 is 1.62 bits per heavy atom. The minimum Gasteiger partial charge on any atom is -0.508 e. The number of phenolic OH excluding ortho intramolecular Hbond substituents is 1. The molecule has 1 aliphatic carbocycles. The first-order valence-corrected chi connectivity index (χ1v) is 19.8. The lowest BCUT2D eigenvalue weighted by atomic mass is 9.69. The molecule has 4 aromatic carbocycles. The molecule has 4 aromatic rings. The van der Waals surface area contributed by atoms with Gasteiger partial charge in [-0.3, -0.25) is 24.6 Å². The van der Waals surface area contributed by atoms with Crippen LogP contribution in [0.1, 0.15) is 88.5 Å². The monoisotopic (exact) mass is 742 g/mol. The van der Waals surface area contributed by atoms with Crippen molar-refractivity contribution in [3.05, 3.63) is 118 Å². The number of nitrogens with one attached hydrogen (secondary N) is 1. The number of methoxy groups -OCH3 is 1. The number of benzene rings is 4. The summed E-state index contributed by atoms with van der Waals surface area (Å²) in [5, 5.41) is 12.5. The topological polar surface area (TPSA) is 112 Å². The predicted octanol–water partition coefficient (Wildman–Crippen LogP) is 6.40. The number of phenols is 1. The summed E-state index contributed by atoms with van der Waals surface area (Å²) in [4.78, 5) is 43.9. The van der Waals surface area contributed by atoms with Gasteiger partial charge in [-0.1, -0.05) is 48.5 Å². The van der Waals surface area contributed by atoms with Gasteiger partial charge < -0.3 is 24.4 Å². The Balaban J connectivity index is 0.794. The van der Waals surface area contributed by atoms with E-state index in [-0.39, 0.29) is 24.2 Å². The minimum absolute atomic E-state index is 0.191. The number of piperidine rings is 1. The summed E-state index contributed by atoms with van der Waals surface area (Å²) >= 11 is 0. The molecule has 8 rings (SSSR count). The number of aromatic hydroxyl groups is 1. The number of fused-ring (bicyclic) bond motifs is 2. The van der Waals surface area contributed by atoms with E-state index in [4.69, 9.17) is 9.47 Å². The fourth-order valence-corrected chi connectivity index (χ4v) is 9.14. The number of carbonyl (C=O) groups is 3. The quantitative estimate of drug-likeness (QED) is 0.127. The molecule has 0 bridgehead atoms. The van der Waals surface area contributed by atoms with Crippen molar-refractivity contribution in [2.75, 3.05) is 51.3 Å². The third-order valence-corrected chi connectivity index (χ3v) is 12.0. The first-order chi connectivity index (χ1) is 26.9. The van der Waals surface area contributed by atoms with Crippen molar-refractivity contribution in [3.63, 3.8) is 0 Å². The average Bonchev–Trinajstić information content (AvgIpc) is 3.54. The summed E-state index contributed by atoms with van der Waals surface area (Å²) in [5.74, 6) is 1.63. The van der Waals surface area contributed by atoms with Crippen LogP contribution in [-0.2, 0) is 22.6 Å². The molecule has 1 unspecified atom stereocenters. The van der Waals surface area contributed by atoms with Crippen molar-refractivity contribution in [1.82, 2.24) is 15.1 Å². The SMILES string of the molecule is COc1c(N2CCN(CCCCCOc3ccc([C@@H]4c5ccc(O)cc5CC[C@@H]4c4ccccc4)cc3)CC2)ccc2c1CN(C1CCC(=O)NC1=O)C2=O. The summed E-state index contributed by atoms with van der Waals surface area (Å²) in [6.45, 7) is 5.64. The molecule has 0 spiro atoms. The highest BCUT2D eigenvalue weighted by Gasteiger charge is 2.41. The standard InChI is InChI=1S/C45H50N4O6/c1-54-43-38-29-49(40-20-21-41(51)46-44(40)52)45(53)37(38)18-19-39(43)48-25-23-47(24-26-48)22-6-3-7-27-55-34-14-10-31(11-15-34)42-35(30-8-4-2-5-9-30)16-12-32-28-33(50)13-17-36(32)42/h2,4-5,8-11,13-15,17-19,28,35,40,42,50H,3,6-7,12,16,20-27,29H2,1H3,(H,46,51,52)/t35-,40?,42+/m1/s1. The Bertz CT molecular complexity index is 2030. The van der Waals surface area contributed by atoms with E-state index in [1.165, 1.54) is 22.3 Å². The summed E-state index contributed by atoms with van der Waals surface area (Å²) < 4.78 is 12.1. The van der Waals surface area contributed by atoms with Gasteiger partial charge in [-0.15, -0.1) is 0 Å². The van der Waals surface area contributed by atoms with Crippen LogP contribution >= 0.6 is 0 Å². The van der Waals surface area contributed by atoms with E-state index in [1.807, 2.05) is 24.3 Å². The van der Waals surface area contributed by atoms with E-state index < -0.39 is 11.9 Å². The number of unbranched alkanes of at least 4 members (excludes halogenated alkanes) is 2. The highest BCUT2D eigenvalue weighted by Crippen LogP contribution is 2.47. The second-order valence-electron chi connectivity index (χ2n) is 15.3. The molecule has 3 heterocycles. The number of ether oxygens (including phenoxy) is 2. The van der Waals surface area contributed by atoms with Crippen LogP contribution < -0.4 is 19.7 Å². The van der Waals surface area contributed by atoms with Crippen LogP contribution in [0.4, 0.5) is 5.69 Å². The van der Waals surface area contributed by atoms with Gasteiger partial charge in [-0.2, -0.15) is 0 Å². The molecular formula is C45H50N4O6. The Morgan fingerprint density at radius 3 is 2.38 bits per heavy atom. The lowest BCUT2D eigenvalue weighted by Gasteiger charge is -2.37. The minimum atomic E-state index is -0.649. The maximum absolute atomic E-state index is 13.3. The highest BCUT2D eigenvalue weighted by molar-refractivity contribution is 6.06. The van der Waals surface area contributed by atoms with Crippen molar-refractivity contribution in [3.8, 4) is 17.2 Å². The van der Waals surface area contributed by atoms with E-state index in [9.17, 15) is 19.5 Å². The van der Waals surface area contributed by atoms with Crippen molar-refractivity contribution in [2.24, 2.45) is 0 Å². The molecule has 4 aliphatic rings. The van der Waals surface area contributed by atoms with Gasteiger partial charge in [0, 0.05) is 49.6 Å². The Morgan fingerprint density at radius 1 is 0.818 bits per heavy atom. The van der Waals surface area contributed by atoms with Crippen molar-refractivity contribution in [1.29, 1.82) is 0 Å². The number of piperazine rings is 1. The molecule has 0 saturated carbocycles. The van der Waals surface area contributed by atoms with Crippen molar-refractivity contribution < 1.29 is 29.0 Å². The summed E-state index contributed by atoms with van der Waals surface area (Å²) in [7, 11) is 1.64. The summed E-state index contributed by atoms with van der Waals surface area (Å²) in [6, 6.07) is 28.5. The number of amides is 3. The molecule has 0 aromatic heterocycles. The summed E-state index contributed by atoms with van der Waals surface area (Å²) in [5.41, 5.74) is 7.51. The number of carbonyl (C=O) groups excluding carboxylic acids is 3. The molecule has 2 fully saturated rings. The van der Waals surface area contributed by atoms with Crippen molar-refractivity contribution >= 4 is 23.4 Å². The second kappa shape index (κ2) is 16.2. The zero-order valence-corrected chi connectivity index (χ0v) is 31.5. The zero-order valence-electron chi connectivity index (χ0n) is 31.5. The number of hydrogen-bond acceptors (Lipinski definition) is 8. The third kappa shape index (κ3) is 7.65. The Hall–Kier alpha value is -5.35.